The molecule has 2 amide bonds. The zero-order valence-electron chi connectivity index (χ0n) is 16.5. The zero-order chi connectivity index (χ0) is 20.8. The first-order valence-corrected chi connectivity index (χ1v) is 10.1. The molecule has 152 valence electrons. The highest BCUT2D eigenvalue weighted by Crippen LogP contribution is 2.21. The monoisotopic (exact) mass is 413 g/mol. The maximum absolute atomic E-state index is 12.4. The Morgan fingerprint density at radius 1 is 1.21 bits per heavy atom. The first kappa shape index (κ1) is 20.6. The van der Waals surface area contributed by atoms with E-state index < -0.39 is 0 Å². The van der Waals surface area contributed by atoms with Crippen molar-refractivity contribution in [3.05, 3.63) is 65.1 Å². The standard InChI is InChI=1S/C21H23N3O4S/c1-13(2)28-17-7-4-6-15(10-17)14(3)22-19(25)11-16-12-29-21(23-16)24-20(26)18-8-5-9-27-18/h4-10,12-14H,11H2,1-3H3,(H,22,25)(H,23,24,26)/t14-/m0/s1. The molecule has 0 spiro atoms. The van der Waals surface area contributed by atoms with E-state index in [1.807, 2.05) is 45.0 Å². The van der Waals surface area contributed by atoms with E-state index >= 15 is 0 Å². The molecule has 0 unspecified atom stereocenters. The van der Waals surface area contributed by atoms with Crippen LogP contribution in [-0.2, 0) is 11.2 Å². The molecule has 3 rings (SSSR count). The van der Waals surface area contributed by atoms with Gasteiger partial charge >= 0.3 is 0 Å². The molecule has 1 aromatic carbocycles. The number of anilines is 1. The minimum absolute atomic E-state index is 0.0854. The normalized spacial score (nSPS) is 11.9. The molecule has 0 saturated carbocycles. The van der Waals surface area contributed by atoms with E-state index in [0.717, 1.165) is 11.3 Å². The van der Waals surface area contributed by atoms with E-state index in [4.69, 9.17) is 9.15 Å². The van der Waals surface area contributed by atoms with E-state index in [-0.39, 0.29) is 36.1 Å². The highest BCUT2D eigenvalue weighted by molar-refractivity contribution is 7.14. The fraction of sp³-hybridized carbons (Fsp3) is 0.286. The van der Waals surface area contributed by atoms with Crippen molar-refractivity contribution >= 4 is 28.3 Å². The molecule has 0 aliphatic heterocycles. The van der Waals surface area contributed by atoms with Crippen LogP contribution in [0.5, 0.6) is 5.75 Å². The van der Waals surface area contributed by atoms with Crippen LogP contribution >= 0.6 is 11.3 Å². The summed E-state index contributed by atoms with van der Waals surface area (Å²) in [5.74, 6) is 0.450. The van der Waals surface area contributed by atoms with Crippen molar-refractivity contribution in [1.82, 2.24) is 10.3 Å². The molecule has 2 heterocycles. The van der Waals surface area contributed by atoms with Crippen molar-refractivity contribution in [2.45, 2.75) is 39.3 Å². The Morgan fingerprint density at radius 3 is 2.76 bits per heavy atom. The number of thiazole rings is 1. The Hall–Kier alpha value is -3.13. The minimum atomic E-state index is -0.377. The van der Waals surface area contributed by atoms with Gasteiger partial charge in [-0.3, -0.25) is 14.9 Å². The molecule has 0 aliphatic rings. The molecule has 2 aromatic heterocycles. The zero-order valence-corrected chi connectivity index (χ0v) is 17.3. The number of nitrogens with one attached hydrogen (secondary N) is 2. The van der Waals surface area contributed by atoms with Gasteiger partial charge in [-0.2, -0.15) is 0 Å². The predicted octanol–water partition coefficient (Wildman–Crippen LogP) is 4.20. The highest BCUT2D eigenvalue weighted by Gasteiger charge is 2.15. The quantitative estimate of drug-likeness (QED) is 0.577. The Morgan fingerprint density at radius 2 is 2.03 bits per heavy atom. The molecule has 8 heteroatoms. The van der Waals surface area contributed by atoms with Crippen LogP contribution in [0.15, 0.2) is 52.5 Å². The number of benzene rings is 1. The summed E-state index contributed by atoms with van der Waals surface area (Å²) in [4.78, 5) is 28.7. The lowest BCUT2D eigenvalue weighted by Gasteiger charge is -2.16. The van der Waals surface area contributed by atoms with Gasteiger partial charge in [0.25, 0.3) is 5.91 Å². The first-order chi connectivity index (χ1) is 13.9. The average molecular weight is 413 g/mol. The summed E-state index contributed by atoms with van der Waals surface area (Å²) in [6.45, 7) is 5.86. The van der Waals surface area contributed by atoms with Crippen LogP contribution in [0, 0.1) is 0 Å². The summed E-state index contributed by atoms with van der Waals surface area (Å²) in [6, 6.07) is 10.7. The largest absolute Gasteiger partial charge is 0.491 e. The number of hydrogen-bond acceptors (Lipinski definition) is 6. The van der Waals surface area contributed by atoms with Crippen LogP contribution < -0.4 is 15.4 Å². The van der Waals surface area contributed by atoms with E-state index in [0.29, 0.717) is 10.8 Å². The Kier molecular flexibility index (Phi) is 6.66. The van der Waals surface area contributed by atoms with Crippen molar-refractivity contribution in [3.8, 4) is 5.75 Å². The number of amides is 2. The van der Waals surface area contributed by atoms with Gasteiger partial charge in [-0.15, -0.1) is 11.3 Å². The summed E-state index contributed by atoms with van der Waals surface area (Å²) in [7, 11) is 0. The number of carbonyl (C=O) groups excluding carboxylic acids is 2. The minimum Gasteiger partial charge on any atom is -0.491 e. The number of hydrogen-bond donors (Lipinski definition) is 2. The Balaban J connectivity index is 1.54. The molecule has 0 bridgehead atoms. The number of aromatic nitrogens is 1. The van der Waals surface area contributed by atoms with E-state index in [1.165, 1.54) is 17.6 Å². The van der Waals surface area contributed by atoms with Gasteiger partial charge in [0, 0.05) is 5.38 Å². The van der Waals surface area contributed by atoms with Crippen molar-refractivity contribution < 1.29 is 18.7 Å². The lowest BCUT2D eigenvalue weighted by atomic mass is 10.1. The second-order valence-corrected chi connectivity index (χ2v) is 7.64. The summed E-state index contributed by atoms with van der Waals surface area (Å²) in [5, 5.41) is 7.79. The maximum Gasteiger partial charge on any atom is 0.293 e. The number of rotatable bonds is 8. The molecule has 0 fully saturated rings. The molecular formula is C21H23N3O4S. The van der Waals surface area contributed by atoms with E-state index in [2.05, 4.69) is 15.6 Å². The summed E-state index contributed by atoms with van der Waals surface area (Å²) >= 11 is 1.26. The van der Waals surface area contributed by atoms with Gasteiger partial charge in [0.15, 0.2) is 10.9 Å². The summed E-state index contributed by atoms with van der Waals surface area (Å²) in [6.07, 6.45) is 1.64. The van der Waals surface area contributed by atoms with Crippen LogP contribution in [0.25, 0.3) is 0 Å². The third kappa shape index (κ3) is 5.92. The number of carbonyl (C=O) groups is 2. The lowest BCUT2D eigenvalue weighted by Crippen LogP contribution is -2.28. The number of nitrogens with zero attached hydrogens (tertiary/aromatic N) is 1. The van der Waals surface area contributed by atoms with Crippen molar-refractivity contribution in [2.24, 2.45) is 0 Å². The Labute approximate surface area is 173 Å². The number of furan rings is 1. The van der Waals surface area contributed by atoms with Gasteiger partial charge in [-0.1, -0.05) is 12.1 Å². The lowest BCUT2D eigenvalue weighted by molar-refractivity contribution is -0.121. The number of ether oxygens (including phenoxy) is 1. The molecule has 2 N–H and O–H groups in total. The van der Waals surface area contributed by atoms with Crippen molar-refractivity contribution in [2.75, 3.05) is 5.32 Å². The molecule has 29 heavy (non-hydrogen) atoms. The second kappa shape index (κ2) is 9.38. The van der Waals surface area contributed by atoms with Gasteiger partial charge in [0.1, 0.15) is 5.75 Å². The Bertz CT molecular complexity index is 966. The summed E-state index contributed by atoms with van der Waals surface area (Å²) in [5.41, 5.74) is 1.55. The third-order valence-electron chi connectivity index (χ3n) is 3.97. The van der Waals surface area contributed by atoms with Crippen molar-refractivity contribution in [3.63, 3.8) is 0 Å². The molecular weight excluding hydrogens is 390 g/mol. The van der Waals surface area contributed by atoms with Crippen LogP contribution in [0.4, 0.5) is 5.13 Å². The van der Waals surface area contributed by atoms with Crippen molar-refractivity contribution in [1.29, 1.82) is 0 Å². The fourth-order valence-corrected chi connectivity index (χ4v) is 3.39. The maximum atomic E-state index is 12.4. The SMILES string of the molecule is CC(C)Oc1cccc([C@H](C)NC(=O)Cc2csc(NC(=O)c3ccco3)n2)c1. The van der Waals surface area contributed by atoms with Crippen LogP contribution in [0.1, 0.15) is 48.6 Å². The first-order valence-electron chi connectivity index (χ1n) is 9.26. The molecule has 7 nitrogen and oxygen atoms in total. The summed E-state index contributed by atoms with van der Waals surface area (Å²) < 4.78 is 10.8. The van der Waals surface area contributed by atoms with E-state index in [9.17, 15) is 9.59 Å². The van der Waals surface area contributed by atoms with Gasteiger partial charge in [0.05, 0.1) is 30.5 Å². The van der Waals surface area contributed by atoms with Gasteiger partial charge in [-0.25, -0.2) is 4.98 Å². The molecule has 3 aromatic rings. The van der Waals surface area contributed by atoms with Gasteiger partial charge < -0.3 is 14.5 Å². The van der Waals surface area contributed by atoms with Gasteiger partial charge in [0.2, 0.25) is 5.91 Å². The topological polar surface area (TPSA) is 93.5 Å². The smallest absolute Gasteiger partial charge is 0.293 e. The average Bonchev–Trinajstić information content (AvgIpc) is 3.33. The fourth-order valence-electron chi connectivity index (χ4n) is 2.68. The van der Waals surface area contributed by atoms with Crippen LogP contribution in [-0.4, -0.2) is 22.9 Å². The van der Waals surface area contributed by atoms with Gasteiger partial charge in [-0.05, 0) is 50.6 Å². The van der Waals surface area contributed by atoms with Crippen LogP contribution in [0.2, 0.25) is 0 Å². The molecule has 0 aliphatic carbocycles. The van der Waals surface area contributed by atoms with Crippen LogP contribution in [0.3, 0.4) is 0 Å². The highest BCUT2D eigenvalue weighted by atomic mass is 32.1. The third-order valence-corrected chi connectivity index (χ3v) is 4.77. The molecule has 0 saturated heterocycles. The van der Waals surface area contributed by atoms with E-state index in [1.54, 1.807) is 17.5 Å². The second-order valence-electron chi connectivity index (χ2n) is 6.78. The molecule has 1 atom stereocenters. The molecule has 0 radical (unpaired) electrons. The predicted molar refractivity (Wildman–Crippen MR) is 111 cm³/mol.